The maximum Gasteiger partial charge on any atom is 0.391 e. The molecule has 3 aromatic rings. The Labute approximate surface area is 204 Å². The number of hydrogen-bond acceptors (Lipinski definition) is 6. The van der Waals surface area contributed by atoms with Crippen LogP contribution in [0.3, 0.4) is 0 Å². The third-order valence-electron chi connectivity index (χ3n) is 6.51. The quantitative estimate of drug-likeness (QED) is 0.527. The van der Waals surface area contributed by atoms with Crippen LogP contribution in [-0.2, 0) is 7.05 Å². The third kappa shape index (κ3) is 4.50. The van der Waals surface area contributed by atoms with Crippen LogP contribution in [0.25, 0.3) is 11.3 Å². The second kappa shape index (κ2) is 8.92. The van der Waals surface area contributed by atoms with Gasteiger partial charge in [-0.1, -0.05) is 6.92 Å². The average Bonchev–Trinajstić information content (AvgIpc) is 3.45. The number of halogens is 3. The van der Waals surface area contributed by atoms with Crippen molar-refractivity contribution in [3.63, 3.8) is 0 Å². The van der Waals surface area contributed by atoms with Crippen molar-refractivity contribution >= 4 is 29.1 Å². The molecule has 1 unspecified atom stereocenters. The summed E-state index contributed by atoms with van der Waals surface area (Å²) in [5, 5.41) is 7.16. The fraction of sp³-hybridized carbons (Fsp3) is 0.375. The zero-order chi connectivity index (χ0) is 25.6. The number of carbonyl (C=O) groups excluding carboxylic acids is 2. The molecule has 0 aromatic carbocycles. The molecule has 1 fully saturated rings. The van der Waals surface area contributed by atoms with Crippen molar-refractivity contribution in [3.8, 4) is 11.3 Å². The number of urea groups is 1. The fourth-order valence-electron chi connectivity index (χ4n) is 4.52. The van der Waals surface area contributed by atoms with Crippen molar-refractivity contribution in [2.75, 3.05) is 28.2 Å². The van der Waals surface area contributed by atoms with Crippen LogP contribution >= 0.6 is 0 Å². The number of fused-ring (bicyclic) bond motifs is 4. The van der Waals surface area contributed by atoms with E-state index < -0.39 is 30.3 Å². The van der Waals surface area contributed by atoms with Crippen molar-refractivity contribution in [1.82, 2.24) is 19.7 Å². The number of anilines is 3. The molecule has 3 aromatic heterocycles. The second-order valence-electron chi connectivity index (χ2n) is 9.10. The van der Waals surface area contributed by atoms with Gasteiger partial charge in [-0.3, -0.25) is 19.7 Å². The number of carbonyl (C=O) groups is 2. The van der Waals surface area contributed by atoms with Gasteiger partial charge in [0, 0.05) is 44.5 Å². The number of aryl methyl sites for hydroxylation is 1. The Morgan fingerprint density at radius 1 is 1.22 bits per heavy atom. The van der Waals surface area contributed by atoms with Crippen LogP contribution in [0.2, 0.25) is 0 Å². The lowest BCUT2D eigenvalue weighted by Gasteiger charge is -2.35. The van der Waals surface area contributed by atoms with Gasteiger partial charge in [0.15, 0.2) is 11.6 Å². The highest BCUT2D eigenvalue weighted by Gasteiger charge is 2.41. The van der Waals surface area contributed by atoms with E-state index >= 15 is 0 Å². The lowest BCUT2D eigenvalue weighted by Crippen LogP contribution is -2.48. The summed E-state index contributed by atoms with van der Waals surface area (Å²) in [5.41, 5.74) is 2.06. The number of ketones is 1. The van der Waals surface area contributed by atoms with E-state index in [1.165, 1.54) is 11.0 Å². The maximum absolute atomic E-state index is 13.4. The molecule has 0 saturated carbocycles. The van der Waals surface area contributed by atoms with E-state index in [1.54, 1.807) is 29.1 Å². The highest BCUT2D eigenvalue weighted by molar-refractivity contribution is 6.05. The Bertz CT molecular complexity index is 1320. The molecule has 36 heavy (non-hydrogen) atoms. The summed E-state index contributed by atoms with van der Waals surface area (Å²) < 4.78 is 40.6. The monoisotopic (exact) mass is 499 g/mol. The van der Waals surface area contributed by atoms with Crippen molar-refractivity contribution in [2.45, 2.75) is 32.0 Å². The first-order valence-corrected chi connectivity index (χ1v) is 11.5. The summed E-state index contributed by atoms with van der Waals surface area (Å²) in [7, 11) is 1.81. The highest BCUT2D eigenvalue weighted by atomic mass is 19.4. The van der Waals surface area contributed by atoms with Crippen molar-refractivity contribution in [1.29, 1.82) is 0 Å². The van der Waals surface area contributed by atoms with Gasteiger partial charge in [0.25, 0.3) is 0 Å². The smallest absolute Gasteiger partial charge is 0.366 e. The molecule has 188 valence electrons. The van der Waals surface area contributed by atoms with E-state index in [1.807, 2.05) is 19.3 Å². The number of nitrogens with zero attached hydrogens (tertiary/aromatic N) is 6. The van der Waals surface area contributed by atoms with Crippen LogP contribution in [0.5, 0.6) is 0 Å². The molecule has 5 rings (SSSR count). The summed E-state index contributed by atoms with van der Waals surface area (Å²) >= 11 is 0. The van der Waals surface area contributed by atoms with Gasteiger partial charge in [0.2, 0.25) is 0 Å². The predicted octanol–water partition coefficient (Wildman–Crippen LogP) is 4.28. The van der Waals surface area contributed by atoms with Gasteiger partial charge in [-0.25, -0.2) is 14.8 Å². The Balaban J connectivity index is 1.41. The van der Waals surface area contributed by atoms with Gasteiger partial charge < -0.3 is 4.90 Å². The largest absolute Gasteiger partial charge is 0.391 e. The Hall–Kier alpha value is -3.96. The molecular weight excluding hydrogens is 475 g/mol. The van der Waals surface area contributed by atoms with Gasteiger partial charge in [0.1, 0.15) is 11.5 Å². The standard InChI is InChI=1S/C24H24F3N7O2/c1-14(24(25,26)27)11-20(35)18-3-4-19-22(29-18)34(16-6-10-33(19)13-16)23(36)30-21-12-15(5-8-28-21)17-7-9-32(2)31-17/h3-5,7-9,12,14,16H,6,10-11,13H2,1-2H3,(H,28,30,36)/t14?,16-/m0/s1. The Morgan fingerprint density at radius 3 is 2.75 bits per heavy atom. The van der Waals surface area contributed by atoms with Crippen LogP contribution in [0.4, 0.5) is 35.3 Å². The summed E-state index contributed by atoms with van der Waals surface area (Å²) in [6, 6.07) is 7.74. The van der Waals surface area contributed by atoms with Crippen LogP contribution in [0.1, 0.15) is 30.3 Å². The molecular formula is C24H24F3N7O2. The summed E-state index contributed by atoms with van der Waals surface area (Å²) in [6.45, 7) is 2.27. The number of aromatic nitrogens is 4. The average molecular weight is 499 g/mol. The predicted molar refractivity (Wildman–Crippen MR) is 127 cm³/mol. The van der Waals surface area contributed by atoms with Crippen LogP contribution in [0, 0.1) is 5.92 Å². The van der Waals surface area contributed by atoms with Gasteiger partial charge in [-0.2, -0.15) is 18.3 Å². The van der Waals surface area contributed by atoms with Gasteiger partial charge in [0.05, 0.1) is 23.3 Å². The normalized spacial score (nSPS) is 17.6. The highest BCUT2D eigenvalue weighted by Crippen LogP contribution is 2.39. The molecule has 1 saturated heterocycles. The number of amides is 2. The molecule has 0 aliphatic carbocycles. The third-order valence-corrected chi connectivity index (χ3v) is 6.51. The van der Waals surface area contributed by atoms with Crippen LogP contribution < -0.4 is 15.1 Å². The minimum absolute atomic E-state index is 0.0968. The summed E-state index contributed by atoms with van der Waals surface area (Å²) in [4.78, 5) is 38.2. The van der Waals surface area contributed by atoms with Gasteiger partial charge >= 0.3 is 12.2 Å². The molecule has 1 N–H and O–H groups in total. The lowest BCUT2D eigenvalue weighted by molar-refractivity contribution is -0.168. The van der Waals surface area contributed by atoms with E-state index in [0.717, 1.165) is 18.2 Å². The molecule has 5 heterocycles. The Kier molecular flexibility index (Phi) is 5.89. The topological polar surface area (TPSA) is 96.2 Å². The number of pyridine rings is 2. The molecule has 2 amide bonds. The number of rotatable bonds is 5. The summed E-state index contributed by atoms with van der Waals surface area (Å²) in [6.07, 6.45) is -1.11. The molecule has 2 aliphatic heterocycles. The number of hydrogen-bond donors (Lipinski definition) is 1. The van der Waals surface area contributed by atoms with Crippen LogP contribution in [-0.4, -0.2) is 56.9 Å². The number of Topliss-reactive ketones (excluding diaryl/α,β-unsaturated/α-hetero) is 1. The first kappa shape index (κ1) is 23.8. The van der Waals surface area contributed by atoms with Gasteiger partial charge in [-0.05, 0) is 36.8 Å². The molecule has 2 bridgehead atoms. The lowest BCUT2D eigenvalue weighted by atomic mass is 10.0. The number of alkyl halides is 3. The van der Waals surface area contributed by atoms with E-state index in [-0.39, 0.29) is 17.6 Å². The molecule has 0 radical (unpaired) electrons. The molecule has 0 spiro atoms. The molecule has 9 nitrogen and oxygen atoms in total. The zero-order valence-corrected chi connectivity index (χ0v) is 19.7. The van der Waals surface area contributed by atoms with Crippen LogP contribution in [0.15, 0.2) is 42.7 Å². The van der Waals surface area contributed by atoms with Crippen molar-refractivity contribution < 1.29 is 22.8 Å². The zero-order valence-electron chi connectivity index (χ0n) is 19.7. The molecule has 12 heteroatoms. The maximum atomic E-state index is 13.4. The molecule has 2 aliphatic rings. The first-order valence-electron chi connectivity index (χ1n) is 11.5. The number of nitrogens with one attached hydrogen (secondary N) is 1. The van der Waals surface area contributed by atoms with E-state index in [2.05, 4.69) is 25.3 Å². The minimum atomic E-state index is -4.47. The van der Waals surface area contributed by atoms with Gasteiger partial charge in [-0.15, -0.1) is 0 Å². The van der Waals surface area contributed by atoms with Crippen molar-refractivity contribution in [3.05, 3.63) is 48.4 Å². The minimum Gasteiger partial charge on any atom is -0.366 e. The van der Waals surface area contributed by atoms with Crippen molar-refractivity contribution in [2.24, 2.45) is 13.0 Å². The SMILES string of the molecule is CC(CC(=O)c1ccc2c(n1)N(C(=O)Nc1cc(-c3ccn(C)n3)ccn1)[C@H]1CCN2C1)C(F)(F)F. The first-order chi connectivity index (χ1) is 17.1. The Morgan fingerprint density at radius 2 is 2.03 bits per heavy atom. The fourth-order valence-corrected chi connectivity index (χ4v) is 4.52. The second-order valence-corrected chi connectivity index (χ2v) is 9.10. The van der Waals surface area contributed by atoms with E-state index in [9.17, 15) is 22.8 Å². The van der Waals surface area contributed by atoms with E-state index in [0.29, 0.717) is 31.0 Å². The molecule has 2 atom stereocenters. The van der Waals surface area contributed by atoms with E-state index in [4.69, 9.17) is 0 Å². The summed E-state index contributed by atoms with van der Waals surface area (Å²) in [5.74, 6) is -1.94.